The number of nitrogens with zero attached hydrogens (tertiary/aromatic N) is 4. The first kappa shape index (κ1) is 22.6. The number of halogens is 1. The van der Waals surface area contributed by atoms with Crippen molar-refractivity contribution in [3.8, 4) is 17.1 Å². The van der Waals surface area contributed by atoms with Crippen molar-refractivity contribution in [2.24, 2.45) is 5.92 Å². The second-order valence-electron chi connectivity index (χ2n) is 8.31. The summed E-state index contributed by atoms with van der Waals surface area (Å²) < 4.78 is 6.42. The summed E-state index contributed by atoms with van der Waals surface area (Å²) in [4.78, 5) is 19.3. The first-order chi connectivity index (χ1) is 15.3. The molecular weight excluding hydrogens is 444 g/mol. The summed E-state index contributed by atoms with van der Waals surface area (Å²) in [6.07, 6.45) is -0.790. The third-order valence-corrected chi connectivity index (χ3v) is 6.70. The molecule has 3 aromatic rings. The number of carbonyl (C=O) groups excluding carboxylic acids is 1. The third-order valence-electron chi connectivity index (χ3n) is 5.09. The SMILES string of the molecule is CC(=O)N1c2c(C)cc(C)cc2-c2nnc(SCC(C)C)nc2OC1c1ccccc1Cl. The van der Waals surface area contributed by atoms with Gasteiger partial charge >= 0.3 is 0 Å². The van der Waals surface area contributed by atoms with Crippen LogP contribution in [0.4, 0.5) is 5.69 Å². The zero-order valence-electron chi connectivity index (χ0n) is 18.7. The summed E-state index contributed by atoms with van der Waals surface area (Å²) in [5.74, 6) is 1.52. The Bertz CT molecular complexity index is 1180. The van der Waals surface area contributed by atoms with Crippen LogP contribution < -0.4 is 9.64 Å². The fraction of sp³-hybridized carbons (Fsp3) is 0.333. The number of thioether (sulfide) groups is 1. The van der Waals surface area contributed by atoms with Gasteiger partial charge in [-0.2, -0.15) is 4.98 Å². The molecule has 6 nitrogen and oxygen atoms in total. The monoisotopic (exact) mass is 468 g/mol. The molecule has 0 N–H and O–H groups in total. The maximum absolute atomic E-state index is 13.0. The van der Waals surface area contributed by atoms with E-state index in [0.717, 1.165) is 28.1 Å². The lowest BCUT2D eigenvalue weighted by Crippen LogP contribution is -2.36. The van der Waals surface area contributed by atoms with E-state index in [2.05, 4.69) is 29.0 Å². The number of hydrogen-bond acceptors (Lipinski definition) is 6. The Hall–Kier alpha value is -2.64. The molecule has 1 atom stereocenters. The fourth-order valence-corrected chi connectivity index (χ4v) is 4.75. The van der Waals surface area contributed by atoms with Crippen molar-refractivity contribution in [2.45, 2.75) is 46.0 Å². The Morgan fingerprint density at radius 3 is 2.66 bits per heavy atom. The first-order valence-electron chi connectivity index (χ1n) is 10.5. The zero-order chi connectivity index (χ0) is 23.0. The quantitative estimate of drug-likeness (QED) is 0.437. The van der Waals surface area contributed by atoms with E-state index in [-0.39, 0.29) is 5.91 Å². The van der Waals surface area contributed by atoms with Crippen LogP contribution >= 0.6 is 23.4 Å². The average molecular weight is 469 g/mol. The van der Waals surface area contributed by atoms with Gasteiger partial charge < -0.3 is 4.74 Å². The number of amides is 1. The van der Waals surface area contributed by atoms with Crippen LogP contribution in [0.1, 0.15) is 43.7 Å². The molecule has 0 bridgehead atoms. The Morgan fingerprint density at radius 2 is 1.97 bits per heavy atom. The van der Waals surface area contributed by atoms with Gasteiger partial charge in [0.2, 0.25) is 23.2 Å². The Labute approximate surface area is 197 Å². The van der Waals surface area contributed by atoms with Gasteiger partial charge in [-0.05, 0) is 37.5 Å². The first-order valence-corrected chi connectivity index (χ1v) is 11.8. The van der Waals surface area contributed by atoms with Crippen LogP contribution in [0, 0.1) is 19.8 Å². The van der Waals surface area contributed by atoms with Crippen molar-refractivity contribution in [1.82, 2.24) is 15.2 Å². The molecule has 0 saturated heterocycles. The number of hydrogen-bond donors (Lipinski definition) is 0. The molecule has 1 amide bonds. The lowest BCUT2D eigenvalue weighted by molar-refractivity contribution is -0.118. The second kappa shape index (κ2) is 9.08. The van der Waals surface area contributed by atoms with Gasteiger partial charge in [0.1, 0.15) is 0 Å². The lowest BCUT2D eigenvalue weighted by Gasteiger charge is -2.31. The van der Waals surface area contributed by atoms with E-state index in [1.54, 1.807) is 11.0 Å². The van der Waals surface area contributed by atoms with Crippen LogP contribution in [0.15, 0.2) is 41.6 Å². The molecule has 1 aromatic heterocycles. The molecule has 1 unspecified atom stereocenters. The van der Waals surface area contributed by atoms with E-state index < -0.39 is 6.23 Å². The molecule has 0 aliphatic carbocycles. The van der Waals surface area contributed by atoms with Crippen molar-refractivity contribution in [3.05, 3.63) is 58.1 Å². The van der Waals surface area contributed by atoms with E-state index in [0.29, 0.717) is 33.2 Å². The summed E-state index contributed by atoms with van der Waals surface area (Å²) in [5, 5.41) is 9.89. The predicted molar refractivity (Wildman–Crippen MR) is 128 cm³/mol. The molecule has 4 rings (SSSR count). The van der Waals surface area contributed by atoms with Crippen molar-refractivity contribution < 1.29 is 9.53 Å². The van der Waals surface area contributed by atoms with Crippen molar-refractivity contribution in [2.75, 3.05) is 10.7 Å². The number of rotatable bonds is 4. The molecule has 0 radical (unpaired) electrons. The van der Waals surface area contributed by atoms with Gasteiger partial charge in [0.25, 0.3) is 0 Å². The molecule has 1 aliphatic heterocycles. The minimum absolute atomic E-state index is 0.168. The molecule has 32 heavy (non-hydrogen) atoms. The van der Waals surface area contributed by atoms with Gasteiger partial charge in [-0.3, -0.25) is 9.69 Å². The van der Waals surface area contributed by atoms with Crippen LogP contribution in [-0.4, -0.2) is 26.8 Å². The number of carbonyl (C=O) groups is 1. The largest absolute Gasteiger partial charge is 0.447 e. The van der Waals surface area contributed by atoms with E-state index in [9.17, 15) is 4.79 Å². The highest BCUT2D eigenvalue weighted by molar-refractivity contribution is 7.99. The Kier molecular flexibility index (Phi) is 6.40. The molecule has 1 aliphatic rings. The predicted octanol–water partition coefficient (Wildman–Crippen LogP) is 6.00. The highest BCUT2D eigenvalue weighted by Crippen LogP contribution is 2.46. The maximum atomic E-state index is 13.0. The highest BCUT2D eigenvalue weighted by Gasteiger charge is 2.36. The number of benzene rings is 2. The highest BCUT2D eigenvalue weighted by atomic mass is 35.5. The standard InChI is InChI=1S/C24H25ClN4O2S/c1-13(2)12-32-24-26-22-20(27-28-24)18-11-14(3)10-15(4)21(18)29(16(5)30)23(31-22)17-8-6-7-9-19(17)25/h6-11,13,23H,12H2,1-5H3. The summed E-state index contributed by atoms with van der Waals surface area (Å²) in [7, 11) is 0. The molecule has 8 heteroatoms. The van der Waals surface area contributed by atoms with E-state index in [1.807, 2.05) is 44.2 Å². The van der Waals surface area contributed by atoms with Crippen molar-refractivity contribution >= 4 is 35.0 Å². The number of aromatic nitrogens is 3. The van der Waals surface area contributed by atoms with Gasteiger partial charge in [0, 0.05) is 28.8 Å². The topological polar surface area (TPSA) is 68.2 Å². The maximum Gasteiger partial charge on any atom is 0.247 e. The summed E-state index contributed by atoms with van der Waals surface area (Å²) in [6.45, 7) is 9.79. The minimum atomic E-state index is -0.790. The molecule has 0 saturated carbocycles. The smallest absolute Gasteiger partial charge is 0.247 e. The van der Waals surface area contributed by atoms with Crippen molar-refractivity contribution in [1.29, 1.82) is 0 Å². The van der Waals surface area contributed by atoms with E-state index >= 15 is 0 Å². The van der Waals surface area contributed by atoms with Gasteiger partial charge in [0.05, 0.1) is 5.69 Å². The molecule has 2 heterocycles. The van der Waals surface area contributed by atoms with Gasteiger partial charge in [-0.25, -0.2) is 0 Å². The molecule has 0 fully saturated rings. The van der Waals surface area contributed by atoms with E-state index in [4.69, 9.17) is 16.3 Å². The lowest BCUT2D eigenvalue weighted by atomic mass is 10.00. The van der Waals surface area contributed by atoms with Crippen LogP contribution in [0.25, 0.3) is 11.3 Å². The number of anilines is 1. The Balaban J connectivity index is 1.96. The van der Waals surface area contributed by atoms with E-state index in [1.165, 1.54) is 18.7 Å². The number of ether oxygens (including phenoxy) is 1. The van der Waals surface area contributed by atoms with Gasteiger partial charge in [0.15, 0.2) is 5.69 Å². The average Bonchev–Trinajstić information content (AvgIpc) is 2.87. The van der Waals surface area contributed by atoms with Gasteiger partial charge in [-0.1, -0.05) is 67.0 Å². The molecule has 166 valence electrons. The Morgan fingerprint density at radius 1 is 1.22 bits per heavy atom. The zero-order valence-corrected chi connectivity index (χ0v) is 20.3. The van der Waals surface area contributed by atoms with Crippen LogP contribution in [0.5, 0.6) is 5.88 Å². The van der Waals surface area contributed by atoms with Gasteiger partial charge in [-0.15, -0.1) is 10.2 Å². The number of aryl methyl sites for hydroxylation is 2. The third kappa shape index (κ3) is 4.32. The van der Waals surface area contributed by atoms with Crippen LogP contribution in [0.3, 0.4) is 0 Å². The molecule has 2 aromatic carbocycles. The second-order valence-corrected chi connectivity index (χ2v) is 9.71. The molecular formula is C24H25ClN4O2S. The van der Waals surface area contributed by atoms with Crippen molar-refractivity contribution in [3.63, 3.8) is 0 Å². The normalized spacial score (nSPS) is 15.1. The number of fused-ring (bicyclic) bond motifs is 3. The minimum Gasteiger partial charge on any atom is -0.447 e. The van der Waals surface area contributed by atoms with Crippen LogP contribution in [0.2, 0.25) is 5.02 Å². The van der Waals surface area contributed by atoms with Crippen LogP contribution in [-0.2, 0) is 4.79 Å². The summed E-state index contributed by atoms with van der Waals surface area (Å²) in [6, 6.07) is 11.4. The fourth-order valence-electron chi connectivity index (χ4n) is 3.79. The molecule has 0 spiro atoms. The summed E-state index contributed by atoms with van der Waals surface area (Å²) in [5.41, 5.74) is 4.67. The summed E-state index contributed by atoms with van der Waals surface area (Å²) >= 11 is 8.08.